The molecule has 2 aromatic carbocycles. The average Bonchev–Trinajstić information content (AvgIpc) is 2.68. The Hall–Kier alpha value is -2.62. The van der Waals surface area contributed by atoms with Crippen molar-refractivity contribution in [1.29, 1.82) is 0 Å². The van der Waals surface area contributed by atoms with Crippen LogP contribution in [0.1, 0.15) is 49.0 Å². The molecule has 0 aliphatic carbocycles. The second-order valence-electron chi connectivity index (χ2n) is 7.44. The van der Waals surface area contributed by atoms with E-state index < -0.39 is 0 Å². The Morgan fingerprint density at radius 3 is 2.37 bits per heavy atom. The maximum atomic E-state index is 12.7. The highest BCUT2D eigenvalue weighted by Gasteiger charge is 2.18. The van der Waals surface area contributed by atoms with Crippen LogP contribution in [0.5, 0.6) is 0 Å². The lowest BCUT2D eigenvalue weighted by atomic mass is 9.99. The molecule has 2 amide bonds. The van der Waals surface area contributed by atoms with Crippen molar-refractivity contribution in [3.63, 3.8) is 0 Å². The molecule has 1 atom stereocenters. The maximum Gasteiger partial charge on any atom is 0.253 e. The SMILES string of the molecule is CC(=O)NC(C)Cc1ccc(-c2cccc(C(=O)N3CCCCC3)c2)cc1. The van der Waals surface area contributed by atoms with E-state index in [0.29, 0.717) is 0 Å². The highest BCUT2D eigenvalue weighted by Crippen LogP contribution is 2.23. The summed E-state index contributed by atoms with van der Waals surface area (Å²) in [5.41, 5.74) is 4.09. The van der Waals surface area contributed by atoms with E-state index in [4.69, 9.17) is 0 Å². The molecule has 4 heteroatoms. The van der Waals surface area contributed by atoms with Crippen LogP contribution in [0.2, 0.25) is 0 Å². The maximum absolute atomic E-state index is 12.7. The molecule has 27 heavy (non-hydrogen) atoms. The molecule has 0 saturated carbocycles. The van der Waals surface area contributed by atoms with Gasteiger partial charge in [0.15, 0.2) is 0 Å². The van der Waals surface area contributed by atoms with Gasteiger partial charge in [0.2, 0.25) is 5.91 Å². The third-order valence-corrected chi connectivity index (χ3v) is 5.03. The normalized spacial score (nSPS) is 15.3. The van der Waals surface area contributed by atoms with Crippen LogP contribution in [0, 0.1) is 0 Å². The molecule has 3 rings (SSSR count). The largest absolute Gasteiger partial charge is 0.354 e. The first kappa shape index (κ1) is 19.2. The topological polar surface area (TPSA) is 49.4 Å². The predicted molar refractivity (Wildman–Crippen MR) is 109 cm³/mol. The Labute approximate surface area is 161 Å². The van der Waals surface area contributed by atoms with Crippen molar-refractivity contribution in [2.75, 3.05) is 13.1 Å². The Kier molecular flexibility index (Phi) is 6.28. The van der Waals surface area contributed by atoms with Crippen molar-refractivity contribution >= 4 is 11.8 Å². The second-order valence-corrected chi connectivity index (χ2v) is 7.44. The zero-order valence-electron chi connectivity index (χ0n) is 16.2. The zero-order chi connectivity index (χ0) is 19.2. The van der Waals surface area contributed by atoms with Gasteiger partial charge in [0.25, 0.3) is 5.91 Å². The van der Waals surface area contributed by atoms with Gasteiger partial charge in [-0.2, -0.15) is 0 Å². The van der Waals surface area contributed by atoms with Crippen LogP contribution in [0.15, 0.2) is 48.5 Å². The number of hydrogen-bond acceptors (Lipinski definition) is 2. The first-order valence-corrected chi connectivity index (χ1v) is 9.78. The lowest BCUT2D eigenvalue weighted by Gasteiger charge is -2.26. The number of amides is 2. The van der Waals surface area contributed by atoms with E-state index in [0.717, 1.165) is 49.0 Å². The Balaban J connectivity index is 1.71. The number of carbonyl (C=O) groups is 2. The van der Waals surface area contributed by atoms with E-state index in [1.807, 2.05) is 36.1 Å². The van der Waals surface area contributed by atoms with Gasteiger partial charge in [0, 0.05) is 31.6 Å². The minimum atomic E-state index is -0.00527. The lowest BCUT2D eigenvalue weighted by Crippen LogP contribution is -2.35. The summed E-state index contributed by atoms with van der Waals surface area (Å²) in [7, 11) is 0. The molecule has 1 saturated heterocycles. The number of likely N-dealkylation sites (tertiary alicyclic amines) is 1. The molecule has 0 bridgehead atoms. The zero-order valence-corrected chi connectivity index (χ0v) is 16.2. The van der Waals surface area contributed by atoms with E-state index in [9.17, 15) is 9.59 Å². The fraction of sp³-hybridized carbons (Fsp3) is 0.391. The van der Waals surface area contributed by atoms with E-state index in [2.05, 4.69) is 29.6 Å². The number of benzene rings is 2. The minimum Gasteiger partial charge on any atom is -0.354 e. The predicted octanol–water partition coefficient (Wildman–Crippen LogP) is 4.05. The molecule has 1 fully saturated rings. The molecule has 1 aliphatic rings. The van der Waals surface area contributed by atoms with Crippen molar-refractivity contribution in [2.24, 2.45) is 0 Å². The standard InChI is InChI=1S/C23H28N2O2/c1-17(24-18(2)26)15-19-9-11-20(12-10-19)21-7-6-8-22(16-21)23(27)25-13-4-3-5-14-25/h6-12,16-17H,3-5,13-15H2,1-2H3,(H,24,26). The van der Waals surface area contributed by atoms with Crippen LogP contribution in [-0.2, 0) is 11.2 Å². The summed E-state index contributed by atoms with van der Waals surface area (Å²) >= 11 is 0. The number of piperidine rings is 1. The summed E-state index contributed by atoms with van der Waals surface area (Å²) in [6, 6.07) is 16.4. The molecule has 2 aromatic rings. The Bertz CT molecular complexity index is 792. The molecule has 1 aliphatic heterocycles. The van der Waals surface area contributed by atoms with Gasteiger partial charge in [0.05, 0.1) is 0 Å². The van der Waals surface area contributed by atoms with Crippen molar-refractivity contribution in [2.45, 2.75) is 45.6 Å². The van der Waals surface area contributed by atoms with Crippen LogP contribution in [0.4, 0.5) is 0 Å². The molecule has 4 nitrogen and oxygen atoms in total. The third-order valence-electron chi connectivity index (χ3n) is 5.03. The number of nitrogens with one attached hydrogen (secondary N) is 1. The van der Waals surface area contributed by atoms with Gasteiger partial charge in [0.1, 0.15) is 0 Å². The van der Waals surface area contributed by atoms with Gasteiger partial charge in [-0.1, -0.05) is 36.4 Å². The summed E-state index contributed by atoms with van der Waals surface area (Å²) in [6.45, 7) is 5.28. The van der Waals surface area contributed by atoms with Crippen LogP contribution in [0.3, 0.4) is 0 Å². The van der Waals surface area contributed by atoms with E-state index in [1.165, 1.54) is 18.9 Å². The molecule has 0 radical (unpaired) electrons. The highest BCUT2D eigenvalue weighted by atomic mass is 16.2. The number of hydrogen-bond donors (Lipinski definition) is 1. The van der Waals surface area contributed by atoms with Crippen molar-refractivity contribution in [3.05, 3.63) is 59.7 Å². The molecule has 142 valence electrons. The molecule has 0 spiro atoms. The van der Waals surface area contributed by atoms with Gasteiger partial charge in [-0.25, -0.2) is 0 Å². The second kappa shape index (κ2) is 8.85. The van der Waals surface area contributed by atoms with Crippen LogP contribution < -0.4 is 5.32 Å². The monoisotopic (exact) mass is 364 g/mol. The fourth-order valence-electron chi connectivity index (χ4n) is 3.70. The number of carbonyl (C=O) groups excluding carboxylic acids is 2. The molecular formula is C23H28N2O2. The van der Waals surface area contributed by atoms with Crippen molar-refractivity contribution in [3.8, 4) is 11.1 Å². The summed E-state index contributed by atoms with van der Waals surface area (Å²) in [5, 5.41) is 2.91. The number of rotatable bonds is 5. The summed E-state index contributed by atoms with van der Waals surface area (Å²) in [4.78, 5) is 25.8. The van der Waals surface area contributed by atoms with Gasteiger partial charge in [-0.15, -0.1) is 0 Å². The van der Waals surface area contributed by atoms with Crippen LogP contribution >= 0.6 is 0 Å². The van der Waals surface area contributed by atoms with E-state index in [1.54, 1.807) is 0 Å². The molecule has 1 heterocycles. The molecule has 1 unspecified atom stereocenters. The van der Waals surface area contributed by atoms with Gasteiger partial charge in [-0.3, -0.25) is 9.59 Å². The first-order valence-electron chi connectivity index (χ1n) is 9.78. The Morgan fingerprint density at radius 1 is 1.00 bits per heavy atom. The first-order chi connectivity index (χ1) is 13.0. The lowest BCUT2D eigenvalue weighted by molar-refractivity contribution is -0.119. The third kappa shape index (κ3) is 5.19. The quantitative estimate of drug-likeness (QED) is 0.870. The fourth-order valence-corrected chi connectivity index (χ4v) is 3.70. The molecule has 1 N–H and O–H groups in total. The average molecular weight is 364 g/mol. The summed E-state index contributed by atoms with van der Waals surface area (Å²) < 4.78 is 0. The van der Waals surface area contributed by atoms with Gasteiger partial charge >= 0.3 is 0 Å². The van der Waals surface area contributed by atoms with Crippen molar-refractivity contribution in [1.82, 2.24) is 10.2 Å². The van der Waals surface area contributed by atoms with Gasteiger partial charge in [-0.05, 0) is 61.4 Å². The summed E-state index contributed by atoms with van der Waals surface area (Å²) in [5.74, 6) is 0.131. The minimum absolute atomic E-state index is 0.00527. The van der Waals surface area contributed by atoms with Crippen LogP contribution in [-0.4, -0.2) is 35.8 Å². The van der Waals surface area contributed by atoms with E-state index >= 15 is 0 Å². The molecular weight excluding hydrogens is 336 g/mol. The summed E-state index contributed by atoms with van der Waals surface area (Å²) in [6.07, 6.45) is 4.22. The van der Waals surface area contributed by atoms with Gasteiger partial charge < -0.3 is 10.2 Å². The highest BCUT2D eigenvalue weighted by molar-refractivity contribution is 5.95. The smallest absolute Gasteiger partial charge is 0.253 e. The van der Waals surface area contributed by atoms with Crippen molar-refractivity contribution < 1.29 is 9.59 Å². The van der Waals surface area contributed by atoms with E-state index in [-0.39, 0.29) is 17.9 Å². The number of nitrogens with zero attached hydrogens (tertiary/aromatic N) is 1. The van der Waals surface area contributed by atoms with Crippen LogP contribution in [0.25, 0.3) is 11.1 Å². The molecule has 0 aromatic heterocycles. The Morgan fingerprint density at radius 2 is 1.70 bits per heavy atom.